The van der Waals surface area contributed by atoms with Crippen LogP contribution in [0.3, 0.4) is 0 Å². The van der Waals surface area contributed by atoms with Crippen molar-refractivity contribution in [2.24, 2.45) is 5.73 Å². The first kappa shape index (κ1) is 11.6. The van der Waals surface area contributed by atoms with E-state index in [2.05, 4.69) is 11.9 Å². The molecule has 0 saturated heterocycles. The molecule has 2 atom stereocenters. The minimum Gasteiger partial charge on any atom is -0.384 e. The summed E-state index contributed by atoms with van der Waals surface area (Å²) in [5.74, 6) is 0.358. The number of aryl methyl sites for hydroxylation is 1. The molecule has 1 aromatic heterocycles. The molecule has 0 saturated carbocycles. The minimum absolute atomic E-state index is 0.0796. The van der Waals surface area contributed by atoms with Gasteiger partial charge in [-0.2, -0.15) is 0 Å². The van der Waals surface area contributed by atoms with Gasteiger partial charge in [0.1, 0.15) is 0 Å². The summed E-state index contributed by atoms with van der Waals surface area (Å²) in [6, 6.07) is 0.0796. The van der Waals surface area contributed by atoms with Crippen molar-refractivity contribution in [3.63, 3.8) is 0 Å². The van der Waals surface area contributed by atoms with Crippen LogP contribution in [0.1, 0.15) is 41.4 Å². The number of thiazole rings is 1. The SMILES string of the molecule is COCC(C)c1nc(C)c(C(C)N)s1. The molecule has 4 heteroatoms. The van der Waals surface area contributed by atoms with Gasteiger partial charge in [0.05, 0.1) is 17.3 Å². The van der Waals surface area contributed by atoms with Crippen LogP contribution in [0.25, 0.3) is 0 Å². The summed E-state index contributed by atoms with van der Waals surface area (Å²) in [6.45, 7) is 6.83. The van der Waals surface area contributed by atoms with Gasteiger partial charge in [-0.05, 0) is 13.8 Å². The summed E-state index contributed by atoms with van der Waals surface area (Å²) in [5.41, 5.74) is 6.90. The van der Waals surface area contributed by atoms with Crippen molar-refractivity contribution in [1.29, 1.82) is 0 Å². The Morgan fingerprint density at radius 3 is 2.57 bits per heavy atom. The van der Waals surface area contributed by atoms with Gasteiger partial charge in [0, 0.05) is 23.9 Å². The third-order valence-electron chi connectivity index (χ3n) is 2.10. The van der Waals surface area contributed by atoms with Crippen molar-refractivity contribution in [2.75, 3.05) is 13.7 Å². The monoisotopic (exact) mass is 214 g/mol. The summed E-state index contributed by atoms with van der Waals surface area (Å²) >= 11 is 1.70. The molecular formula is C10H18N2OS. The largest absolute Gasteiger partial charge is 0.384 e. The highest BCUT2D eigenvalue weighted by Gasteiger charge is 2.15. The lowest BCUT2D eigenvalue weighted by molar-refractivity contribution is 0.184. The van der Waals surface area contributed by atoms with E-state index >= 15 is 0 Å². The fourth-order valence-electron chi connectivity index (χ4n) is 1.38. The van der Waals surface area contributed by atoms with Crippen LogP contribution in [0, 0.1) is 6.92 Å². The van der Waals surface area contributed by atoms with Crippen LogP contribution in [0.5, 0.6) is 0 Å². The number of hydrogen-bond acceptors (Lipinski definition) is 4. The third-order valence-corrected chi connectivity index (χ3v) is 3.69. The number of hydrogen-bond donors (Lipinski definition) is 1. The molecule has 0 radical (unpaired) electrons. The highest BCUT2D eigenvalue weighted by Crippen LogP contribution is 2.28. The maximum atomic E-state index is 5.84. The summed E-state index contributed by atoms with van der Waals surface area (Å²) in [4.78, 5) is 5.69. The van der Waals surface area contributed by atoms with Gasteiger partial charge in [0.25, 0.3) is 0 Å². The predicted octanol–water partition coefficient (Wildman–Crippen LogP) is 2.22. The van der Waals surface area contributed by atoms with E-state index in [1.165, 1.54) is 4.88 Å². The lowest BCUT2D eigenvalue weighted by Crippen LogP contribution is -2.03. The van der Waals surface area contributed by atoms with Crippen molar-refractivity contribution < 1.29 is 4.74 Å². The summed E-state index contributed by atoms with van der Waals surface area (Å²) in [6.07, 6.45) is 0. The van der Waals surface area contributed by atoms with E-state index in [4.69, 9.17) is 10.5 Å². The van der Waals surface area contributed by atoms with Crippen LogP contribution in [-0.2, 0) is 4.74 Å². The first-order valence-corrected chi connectivity index (χ1v) is 5.59. The van der Waals surface area contributed by atoms with Crippen molar-refractivity contribution in [3.8, 4) is 0 Å². The zero-order valence-corrected chi connectivity index (χ0v) is 10.0. The van der Waals surface area contributed by atoms with Crippen LogP contribution in [0.4, 0.5) is 0 Å². The van der Waals surface area contributed by atoms with E-state index in [0.717, 1.165) is 10.7 Å². The molecule has 0 aromatic carbocycles. The highest BCUT2D eigenvalue weighted by atomic mass is 32.1. The number of ether oxygens (including phenoxy) is 1. The molecule has 0 aliphatic heterocycles. The van der Waals surface area contributed by atoms with Gasteiger partial charge in [0.2, 0.25) is 0 Å². The smallest absolute Gasteiger partial charge is 0.0982 e. The Hall–Kier alpha value is -0.450. The number of aromatic nitrogens is 1. The normalized spacial score (nSPS) is 15.5. The molecule has 1 rings (SSSR count). The fourth-order valence-corrected chi connectivity index (χ4v) is 2.44. The van der Waals surface area contributed by atoms with Gasteiger partial charge >= 0.3 is 0 Å². The zero-order chi connectivity index (χ0) is 10.7. The highest BCUT2D eigenvalue weighted by molar-refractivity contribution is 7.11. The molecule has 1 heterocycles. The van der Waals surface area contributed by atoms with Gasteiger partial charge in [-0.3, -0.25) is 0 Å². The van der Waals surface area contributed by atoms with Crippen molar-refractivity contribution in [1.82, 2.24) is 4.98 Å². The van der Waals surface area contributed by atoms with Gasteiger partial charge in [-0.25, -0.2) is 4.98 Å². The minimum atomic E-state index is 0.0796. The molecule has 0 bridgehead atoms. The van der Waals surface area contributed by atoms with E-state index in [-0.39, 0.29) is 6.04 Å². The predicted molar refractivity (Wildman–Crippen MR) is 59.7 cm³/mol. The number of methoxy groups -OCH3 is 1. The molecular weight excluding hydrogens is 196 g/mol. The molecule has 0 fully saturated rings. The molecule has 2 N–H and O–H groups in total. The molecule has 80 valence electrons. The molecule has 2 unspecified atom stereocenters. The van der Waals surface area contributed by atoms with Crippen LogP contribution >= 0.6 is 11.3 Å². The molecule has 0 aliphatic carbocycles. The number of nitrogens with two attached hydrogens (primary N) is 1. The van der Waals surface area contributed by atoms with Crippen molar-refractivity contribution in [3.05, 3.63) is 15.6 Å². The fraction of sp³-hybridized carbons (Fsp3) is 0.700. The van der Waals surface area contributed by atoms with Gasteiger partial charge in [-0.1, -0.05) is 6.92 Å². The quantitative estimate of drug-likeness (QED) is 0.836. The molecule has 0 amide bonds. The lowest BCUT2D eigenvalue weighted by atomic mass is 10.2. The maximum absolute atomic E-state index is 5.84. The van der Waals surface area contributed by atoms with Crippen LogP contribution in [0.15, 0.2) is 0 Å². The molecule has 3 nitrogen and oxygen atoms in total. The Morgan fingerprint density at radius 2 is 2.14 bits per heavy atom. The van der Waals surface area contributed by atoms with E-state index in [1.807, 2.05) is 13.8 Å². The molecule has 1 aromatic rings. The molecule has 0 spiro atoms. The van der Waals surface area contributed by atoms with Crippen molar-refractivity contribution in [2.45, 2.75) is 32.7 Å². The first-order valence-electron chi connectivity index (χ1n) is 4.78. The topological polar surface area (TPSA) is 48.1 Å². The summed E-state index contributed by atoms with van der Waals surface area (Å²) in [5, 5.41) is 1.12. The van der Waals surface area contributed by atoms with E-state index in [0.29, 0.717) is 12.5 Å². The second kappa shape index (κ2) is 4.87. The van der Waals surface area contributed by atoms with E-state index in [9.17, 15) is 0 Å². The Bertz CT molecular complexity index is 296. The van der Waals surface area contributed by atoms with Crippen molar-refractivity contribution >= 4 is 11.3 Å². The zero-order valence-electron chi connectivity index (χ0n) is 9.20. The first-order chi connectivity index (χ1) is 6.56. The number of nitrogens with zero attached hydrogens (tertiary/aromatic N) is 1. The average Bonchev–Trinajstić information content (AvgIpc) is 2.48. The lowest BCUT2D eigenvalue weighted by Gasteiger charge is -2.05. The molecule has 14 heavy (non-hydrogen) atoms. The Kier molecular flexibility index (Phi) is 4.04. The van der Waals surface area contributed by atoms with E-state index in [1.54, 1.807) is 18.4 Å². The van der Waals surface area contributed by atoms with Crippen LogP contribution in [0.2, 0.25) is 0 Å². The third kappa shape index (κ3) is 2.53. The maximum Gasteiger partial charge on any atom is 0.0982 e. The second-order valence-corrected chi connectivity index (χ2v) is 4.71. The standard InChI is InChI=1S/C10H18N2OS/c1-6(5-13-4)10-12-8(3)9(14-10)7(2)11/h6-7H,5,11H2,1-4H3. The van der Waals surface area contributed by atoms with Crippen LogP contribution < -0.4 is 5.73 Å². The van der Waals surface area contributed by atoms with Gasteiger partial charge in [-0.15, -0.1) is 11.3 Å². The summed E-state index contributed by atoms with van der Waals surface area (Å²) < 4.78 is 5.10. The summed E-state index contributed by atoms with van der Waals surface area (Å²) in [7, 11) is 1.71. The average molecular weight is 214 g/mol. The second-order valence-electron chi connectivity index (χ2n) is 3.65. The molecule has 0 aliphatic rings. The Morgan fingerprint density at radius 1 is 1.50 bits per heavy atom. The number of rotatable bonds is 4. The van der Waals surface area contributed by atoms with Gasteiger partial charge < -0.3 is 10.5 Å². The Balaban J connectivity index is 2.85. The van der Waals surface area contributed by atoms with Gasteiger partial charge in [0.15, 0.2) is 0 Å². The Labute approximate surface area is 89.3 Å². The van der Waals surface area contributed by atoms with Crippen LogP contribution in [-0.4, -0.2) is 18.7 Å². The van der Waals surface area contributed by atoms with E-state index < -0.39 is 0 Å².